The van der Waals surface area contributed by atoms with Crippen LogP contribution in [0.3, 0.4) is 0 Å². The number of hydrogen-bond donors (Lipinski definition) is 3. The minimum atomic E-state index is -2.15. The van der Waals surface area contributed by atoms with Crippen LogP contribution in [0, 0.1) is 5.92 Å². The average molecular weight is 586 g/mol. The predicted molar refractivity (Wildman–Crippen MR) is 140 cm³/mol. The van der Waals surface area contributed by atoms with Crippen LogP contribution in [0.4, 0.5) is 0 Å². The third kappa shape index (κ3) is 3.44. The van der Waals surface area contributed by atoms with E-state index < -0.39 is 35.0 Å². The van der Waals surface area contributed by atoms with E-state index in [1.807, 2.05) is 30.3 Å². The normalized spacial score (nSPS) is 27.2. The molecule has 5 atom stereocenters. The summed E-state index contributed by atoms with van der Waals surface area (Å²) in [5.74, 6) is -1.18. The molecule has 1 amide bonds. The predicted octanol–water partition coefficient (Wildman–Crippen LogP) is 3.40. The molecule has 3 aromatic carbocycles. The topological polar surface area (TPSA) is 116 Å². The van der Waals surface area contributed by atoms with Crippen LogP contribution < -0.4 is 24.4 Å². The molecule has 0 spiro atoms. The second-order valence-corrected chi connectivity index (χ2v) is 9.95. The molecule has 1 aliphatic heterocycles. The highest BCUT2D eigenvalue weighted by Crippen LogP contribution is 2.71. The van der Waals surface area contributed by atoms with Crippen molar-refractivity contribution in [2.24, 2.45) is 5.92 Å². The van der Waals surface area contributed by atoms with Gasteiger partial charge in [-0.1, -0.05) is 42.5 Å². The van der Waals surface area contributed by atoms with E-state index in [9.17, 15) is 15.0 Å². The number of carbonyl (C=O) groups excluding carboxylic acids is 1. The van der Waals surface area contributed by atoms with Crippen molar-refractivity contribution in [1.82, 2.24) is 5.48 Å². The summed E-state index contributed by atoms with van der Waals surface area (Å²) >= 11 is 3.50. The Morgan fingerprint density at radius 3 is 2.26 bits per heavy atom. The summed E-state index contributed by atoms with van der Waals surface area (Å²) in [7, 11) is 5.81. The number of rotatable bonds is 7. The molecule has 0 saturated heterocycles. The molecule has 5 rings (SSSR count). The van der Waals surface area contributed by atoms with Gasteiger partial charge in [0.25, 0.3) is 0 Å². The molecular weight excluding hydrogens is 558 g/mol. The summed E-state index contributed by atoms with van der Waals surface area (Å²) < 4.78 is 23.8. The molecule has 0 radical (unpaired) electrons. The Bertz CT molecular complexity index is 1350. The number of fused-ring (bicyclic) bond motifs is 3. The Balaban J connectivity index is 1.89. The number of amides is 1. The maximum absolute atomic E-state index is 13.5. The third-order valence-corrected chi connectivity index (χ3v) is 8.29. The van der Waals surface area contributed by atoms with Crippen LogP contribution in [-0.4, -0.2) is 50.7 Å². The number of carbonyl (C=O) groups is 1. The molecule has 0 aromatic heterocycles. The SMILES string of the molecule is CONC(=O)[C@H]1[C@@H](O)[C@@]2(O)c3c(cc(OC)c(Br)c3OC)O[C@@]2(c2ccc(OC)cc2)[C@@H]1c1ccccc1. The summed E-state index contributed by atoms with van der Waals surface area (Å²) in [5, 5.41) is 24.8. The monoisotopic (exact) mass is 585 g/mol. The van der Waals surface area contributed by atoms with Crippen molar-refractivity contribution < 1.29 is 38.8 Å². The zero-order valence-corrected chi connectivity index (χ0v) is 22.8. The first-order valence-corrected chi connectivity index (χ1v) is 12.7. The van der Waals surface area contributed by atoms with Crippen LogP contribution in [0.15, 0.2) is 65.1 Å². The number of aliphatic hydroxyl groups excluding tert-OH is 1. The van der Waals surface area contributed by atoms with Gasteiger partial charge in [0.05, 0.1) is 39.9 Å². The molecule has 10 heteroatoms. The quantitative estimate of drug-likeness (QED) is 0.361. The smallest absolute Gasteiger partial charge is 0.250 e. The minimum Gasteiger partial charge on any atom is -0.497 e. The maximum Gasteiger partial charge on any atom is 0.250 e. The van der Waals surface area contributed by atoms with E-state index >= 15 is 0 Å². The number of methoxy groups -OCH3 is 3. The van der Waals surface area contributed by atoms with Crippen molar-refractivity contribution in [2.75, 3.05) is 28.4 Å². The molecule has 0 unspecified atom stereocenters. The minimum absolute atomic E-state index is 0.199. The van der Waals surface area contributed by atoms with E-state index in [-0.39, 0.29) is 17.1 Å². The zero-order chi connectivity index (χ0) is 27.2. The van der Waals surface area contributed by atoms with Crippen LogP contribution in [-0.2, 0) is 20.8 Å². The largest absolute Gasteiger partial charge is 0.497 e. The van der Waals surface area contributed by atoms with Crippen LogP contribution in [0.1, 0.15) is 22.6 Å². The second kappa shape index (κ2) is 9.77. The van der Waals surface area contributed by atoms with Gasteiger partial charge in [-0.2, -0.15) is 0 Å². The van der Waals surface area contributed by atoms with Crippen LogP contribution >= 0.6 is 15.9 Å². The molecule has 200 valence electrons. The molecule has 38 heavy (non-hydrogen) atoms. The summed E-state index contributed by atoms with van der Waals surface area (Å²) in [6.45, 7) is 0. The standard InChI is InChI=1S/C28H28BrNO8/c1-34-17-12-10-16(11-13-17)28-21(15-8-6-5-7-9-15)20(26(32)30-37-4)25(31)27(28,33)22-18(38-28)14-19(35-2)23(29)24(22)36-3/h5-14,20-21,25,31,33H,1-4H3,(H,30,32)/t20-,21-,25-,27+,28+/m1/s1. The Labute approximate surface area is 228 Å². The molecule has 3 N–H and O–H groups in total. The number of benzene rings is 3. The molecule has 1 fully saturated rings. The maximum atomic E-state index is 13.5. The molecule has 3 aromatic rings. The summed E-state index contributed by atoms with van der Waals surface area (Å²) in [4.78, 5) is 18.4. The number of hydroxylamine groups is 1. The highest BCUT2D eigenvalue weighted by atomic mass is 79.9. The van der Waals surface area contributed by atoms with E-state index in [0.29, 0.717) is 27.1 Å². The number of hydrogen-bond acceptors (Lipinski definition) is 8. The molecule has 1 saturated carbocycles. The van der Waals surface area contributed by atoms with Gasteiger partial charge in [0.1, 0.15) is 33.6 Å². The lowest BCUT2D eigenvalue weighted by Gasteiger charge is -2.40. The van der Waals surface area contributed by atoms with Gasteiger partial charge >= 0.3 is 0 Å². The van der Waals surface area contributed by atoms with E-state index in [1.54, 1.807) is 37.4 Å². The van der Waals surface area contributed by atoms with E-state index in [1.165, 1.54) is 21.3 Å². The Kier molecular flexibility index (Phi) is 6.77. The van der Waals surface area contributed by atoms with Gasteiger partial charge in [0, 0.05) is 12.0 Å². The molecule has 1 heterocycles. The fourth-order valence-corrected chi connectivity index (χ4v) is 6.67. The first kappa shape index (κ1) is 26.3. The fourth-order valence-electron chi connectivity index (χ4n) is 6.03. The van der Waals surface area contributed by atoms with E-state index in [2.05, 4.69) is 21.4 Å². The van der Waals surface area contributed by atoms with Crippen molar-refractivity contribution in [2.45, 2.75) is 23.2 Å². The first-order valence-electron chi connectivity index (χ1n) is 11.9. The molecule has 0 bridgehead atoms. The number of nitrogens with one attached hydrogen (secondary N) is 1. The Morgan fingerprint density at radius 2 is 1.68 bits per heavy atom. The Hall–Kier alpha value is -3.31. The van der Waals surface area contributed by atoms with Crippen molar-refractivity contribution in [3.8, 4) is 23.0 Å². The average Bonchev–Trinajstić information content (AvgIpc) is 3.31. The summed E-state index contributed by atoms with van der Waals surface area (Å²) in [6.07, 6.45) is -1.64. The number of halogens is 1. The van der Waals surface area contributed by atoms with Gasteiger partial charge in [0.15, 0.2) is 11.2 Å². The Morgan fingerprint density at radius 1 is 1.00 bits per heavy atom. The van der Waals surface area contributed by atoms with Gasteiger partial charge in [-0.15, -0.1) is 0 Å². The summed E-state index contributed by atoms with van der Waals surface area (Å²) in [6, 6.07) is 17.8. The molecule has 9 nitrogen and oxygen atoms in total. The highest BCUT2D eigenvalue weighted by Gasteiger charge is 2.78. The van der Waals surface area contributed by atoms with Gasteiger partial charge in [-0.25, -0.2) is 5.48 Å². The summed E-state index contributed by atoms with van der Waals surface area (Å²) in [5.41, 5.74) is -0.0727. The lowest BCUT2D eigenvalue weighted by molar-refractivity contribution is -0.157. The highest BCUT2D eigenvalue weighted by molar-refractivity contribution is 9.10. The lowest BCUT2D eigenvalue weighted by Crippen LogP contribution is -2.52. The van der Waals surface area contributed by atoms with Crippen LogP contribution in [0.25, 0.3) is 0 Å². The van der Waals surface area contributed by atoms with Crippen LogP contribution in [0.2, 0.25) is 0 Å². The van der Waals surface area contributed by atoms with Gasteiger partial charge in [-0.05, 0) is 39.2 Å². The first-order chi connectivity index (χ1) is 18.3. The van der Waals surface area contributed by atoms with Crippen molar-refractivity contribution in [1.29, 1.82) is 0 Å². The van der Waals surface area contributed by atoms with Gasteiger partial charge < -0.3 is 29.2 Å². The third-order valence-electron chi connectivity index (χ3n) is 7.54. The van der Waals surface area contributed by atoms with Crippen molar-refractivity contribution in [3.05, 3.63) is 81.8 Å². The molecule has 1 aliphatic carbocycles. The second-order valence-electron chi connectivity index (χ2n) is 9.16. The number of ether oxygens (including phenoxy) is 4. The van der Waals surface area contributed by atoms with E-state index in [0.717, 1.165) is 0 Å². The van der Waals surface area contributed by atoms with Crippen LogP contribution in [0.5, 0.6) is 23.0 Å². The van der Waals surface area contributed by atoms with Crippen molar-refractivity contribution in [3.63, 3.8) is 0 Å². The molecule has 2 aliphatic rings. The number of aliphatic hydroxyl groups is 2. The molecular formula is C28H28BrNO8. The van der Waals surface area contributed by atoms with Gasteiger partial charge in [-0.3, -0.25) is 9.63 Å². The zero-order valence-electron chi connectivity index (χ0n) is 21.2. The van der Waals surface area contributed by atoms with Crippen molar-refractivity contribution >= 4 is 21.8 Å². The van der Waals surface area contributed by atoms with E-state index in [4.69, 9.17) is 23.8 Å². The fraction of sp³-hybridized carbons (Fsp3) is 0.321. The lowest BCUT2D eigenvalue weighted by atomic mass is 9.70. The van der Waals surface area contributed by atoms with Gasteiger partial charge in [0.2, 0.25) is 5.91 Å².